The molecule has 1 aliphatic rings. The first kappa shape index (κ1) is 27.8. The Morgan fingerprint density at radius 2 is 1.86 bits per heavy atom. The largest absolute Gasteiger partial charge is 0.377 e. The summed E-state index contributed by atoms with van der Waals surface area (Å²) in [5, 5.41) is 0.375. The van der Waals surface area contributed by atoms with Crippen LogP contribution < -0.4 is 0 Å². The molecule has 3 aromatic rings. The van der Waals surface area contributed by atoms with Crippen LogP contribution in [0.25, 0.3) is 0 Å². The van der Waals surface area contributed by atoms with E-state index in [9.17, 15) is 16.8 Å². The van der Waals surface area contributed by atoms with Gasteiger partial charge in [0.2, 0.25) is 25.0 Å². The lowest BCUT2D eigenvalue weighted by Gasteiger charge is -2.26. The van der Waals surface area contributed by atoms with Gasteiger partial charge in [-0.1, -0.05) is 55.8 Å². The number of sulfone groups is 1. The van der Waals surface area contributed by atoms with Crippen LogP contribution in [-0.2, 0) is 43.4 Å². The molecule has 200 valence electrons. The number of aromatic nitrogens is 2. The van der Waals surface area contributed by atoms with Gasteiger partial charge in [0.25, 0.3) is 0 Å². The predicted octanol–water partition coefficient (Wildman–Crippen LogP) is 4.54. The molecule has 37 heavy (non-hydrogen) atoms. The maximum absolute atomic E-state index is 13.6. The molecule has 0 amide bonds. The van der Waals surface area contributed by atoms with Gasteiger partial charge in [-0.05, 0) is 48.6 Å². The lowest BCUT2D eigenvalue weighted by Crippen LogP contribution is -2.37. The maximum Gasteiger partial charge on any atom is 0.243 e. The van der Waals surface area contributed by atoms with Crippen LogP contribution >= 0.6 is 11.6 Å². The highest BCUT2D eigenvalue weighted by molar-refractivity contribution is 7.90. The molecule has 0 N–H and O–H groups in total. The van der Waals surface area contributed by atoms with E-state index in [1.54, 1.807) is 59.2 Å². The first-order valence-corrected chi connectivity index (χ1v) is 15.7. The van der Waals surface area contributed by atoms with Gasteiger partial charge < -0.3 is 9.30 Å². The van der Waals surface area contributed by atoms with Crippen molar-refractivity contribution in [2.75, 3.05) is 13.2 Å². The van der Waals surface area contributed by atoms with E-state index in [0.717, 1.165) is 12.8 Å². The Kier molecular flexibility index (Phi) is 8.75. The van der Waals surface area contributed by atoms with E-state index < -0.39 is 19.9 Å². The predicted molar refractivity (Wildman–Crippen MR) is 142 cm³/mol. The van der Waals surface area contributed by atoms with E-state index in [-0.39, 0.29) is 40.9 Å². The highest BCUT2D eigenvalue weighted by Crippen LogP contribution is 2.25. The van der Waals surface area contributed by atoms with Crippen LogP contribution in [0.3, 0.4) is 0 Å². The van der Waals surface area contributed by atoms with Crippen molar-refractivity contribution in [2.24, 2.45) is 5.92 Å². The fraction of sp³-hybridized carbons (Fsp3) is 0.423. The first-order chi connectivity index (χ1) is 17.6. The number of hydrogen-bond acceptors (Lipinski definition) is 6. The van der Waals surface area contributed by atoms with Crippen molar-refractivity contribution in [1.29, 1.82) is 0 Å². The van der Waals surface area contributed by atoms with Gasteiger partial charge in [-0.25, -0.2) is 21.8 Å². The Balaban J connectivity index is 1.70. The molecule has 11 heteroatoms. The quantitative estimate of drug-likeness (QED) is 0.338. The van der Waals surface area contributed by atoms with Crippen LogP contribution in [0.5, 0.6) is 0 Å². The lowest BCUT2D eigenvalue weighted by atomic mass is 10.2. The van der Waals surface area contributed by atoms with Crippen molar-refractivity contribution in [3.8, 4) is 0 Å². The number of ether oxygens (including phenoxy) is 1. The minimum absolute atomic E-state index is 0.0243. The number of imidazole rings is 1. The fourth-order valence-electron chi connectivity index (χ4n) is 4.42. The fourth-order valence-corrected chi connectivity index (χ4v) is 7.59. The molecule has 1 aromatic heterocycles. The normalized spacial score (nSPS) is 16.6. The molecule has 8 nitrogen and oxygen atoms in total. The summed E-state index contributed by atoms with van der Waals surface area (Å²) in [6, 6.07) is 15.0. The summed E-state index contributed by atoms with van der Waals surface area (Å²) in [6.07, 6.45) is 2.90. The highest BCUT2D eigenvalue weighted by Gasteiger charge is 2.32. The van der Waals surface area contributed by atoms with E-state index in [0.29, 0.717) is 29.4 Å². The Hall–Kier alpha value is -2.24. The zero-order chi connectivity index (χ0) is 26.6. The van der Waals surface area contributed by atoms with Crippen LogP contribution in [0.4, 0.5) is 0 Å². The number of sulfonamides is 1. The number of benzene rings is 2. The van der Waals surface area contributed by atoms with E-state index in [1.807, 2.05) is 13.8 Å². The van der Waals surface area contributed by atoms with Crippen LogP contribution in [0.15, 0.2) is 70.8 Å². The smallest absolute Gasteiger partial charge is 0.243 e. The van der Waals surface area contributed by atoms with Gasteiger partial charge in [-0.15, -0.1) is 0 Å². The second kappa shape index (κ2) is 11.7. The van der Waals surface area contributed by atoms with E-state index in [2.05, 4.69) is 4.98 Å². The van der Waals surface area contributed by atoms with Gasteiger partial charge in [-0.2, -0.15) is 4.31 Å². The zero-order valence-corrected chi connectivity index (χ0v) is 23.3. The Labute approximate surface area is 224 Å². The molecule has 2 heterocycles. The third-order valence-corrected chi connectivity index (χ3v) is 9.78. The van der Waals surface area contributed by atoms with Crippen LogP contribution in [0, 0.1) is 5.92 Å². The van der Waals surface area contributed by atoms with Crippen molar-refractivity contribution in [3.05, 3.63) is 77.1 Å². The molecular formula is C26H32ClN3O5S2. The first-order valence-electron chi connectivity index (χ1n) is 12.2. The molecular weight excluding hydrogens is 534 g/mol. The van der Waals surface area contributed by atoms with Crippen LogP contribution in [0.1, 0.15) is 37.9 Å². The SMILES string of the molecule is CC(C)Cn1c(CN(CC2CCCO2)S(=O)(=O)c2ccccc2)cnc1S(=O)(=O)Cc1cccc(Cl)c1. The Morgan fingerprint density at radius 1 is 1.11 bits per heavy atom. The van der Waals surface area contributed by atoms with E-state index in [4.69, 9.17) is 16.3 Å². The van der Waals surface area contributed by atoms with Crippen molar-refractivity contribution in [1.82, 2.24) is 13.9 Å². The molecule has 1 atom stereocenters. The summed E-state index contributed by atoms with van der Waals surface area (Å²) in [4.78, 5) is 4.47. The van der Waals surface area contributed by atoms with Crippen molar-refractivity contribution < 1.29 is 21.6 Å². The number of halogens is 1. The minimum atomic E-state index is -3.86. The van der Waals surface area contributed by atoms with Crippen molar-refractivity contribution in [2.45, 2.75) is 61.7 Å². The molecule has 0 aliphatic carbocycles. The Bertz CT molecular complexity index is 1420. The number of rotatable bonds is 11. The second-order valence-corrected chi connectivity index (χ2v) is 13.9. The molecule has 1 unspecified atom stereocenters. The summed E-state index contributed by atoms with van der Waals surface area (Å²) >= 11 is 6.06. The molecule has 4 rings (SSSR count). The summed E-state index contributed by atoms with van der Waals surface area (Å²) < 4.78 is 62.9. The third-order valence-electron chi connectivity index (χ3n) is 6.12. The molecule has 1 saturated heterocycles. The molecule has 0 bridgehead atoms. The van der Waals surface area contributed by atoms with Gasteiger partial charge in [0.1, 0.15) is 0 Å². The van der Waals surface area contributed by atoms with E-state index >= 15 is 0 Å². The summed E-state index contributed by atoms with van der Waals surface area (Å²) in [7, 11) is -7.69. The number of nitrogens with zero attached hydrogens (tertiary/aromatic N) is 3. The highest BCUT2D eigenvalue weighted by atomic mass is 35.5. The summed E-state index contributed by atoms with van der Waals surface area (Å²) in [5.74, 6) is -0.158. The molecule has 1 aliphatic heterocycles. The van der Waals surface area contributed by atoms with Gasteiger partial charge in [0, 0.05) is 24.7 Å². The second-order valence-electron chi connectivity index (χ2n) is 9.67. The molecule has 2 aromatic carbocycles. The average molecular weight is 566 g/mol. The van der Waals surface area contributed by atoms with E-state index in [1.165, 1.54) is 10.5 Å². The topological polar surface area (TPSA) is 98.6 Å². The Morgan fingerprint density at radius 3 is 2.51 bits per heavy atom. The summed E-state index contributed by atoms with van der Waals surface area (Å²) in [6.45, 7) is 5.07. The standard InChI is InChI=1S/C26H32ClN3O5S2/c1-20(2)16-30-23(15-28-26(30)36(31,32)19-21-8-6-9-22(27)14-21)17-29(18-24-10-7-13-35-24)37(33,34)25-11-4-3-5-12-25/h3-6,8-9,11-12,14-15,20,24H,7,10,13,16-19H2,1-2H3. The molecule has 1 fully saturated rings. The van der Waals surface area contributed by atoms with Gasteiger partial charge in [0.05, 0.1) is 35.2 Å². The summed E-state index contributed by atoms with van der Waals surface area (Å²) in [5.41, 5.74) is 1.07. The molecule has 0 spiro atoms. The third kappa shape index (κ3) is 6.80. The maximum atomic E-state index is 13.6. The van der Waals surface area contributed by atoms with Crippen molar-refractivity contribution in [3.63, 3.8) is 0 Å². The van der Waals surface area contributed by atoms with Crippen LogP contribution in [0.2, 0.25) is 5.02 Å². The zero-order valence-electron chi connectivity index (χ0n) is 21.0. The number of hydrogen-bond donors (Lipinski definition) is 0. The molecule has 0 radical (unpaired) electrons. The van der Waals surface area contributed by atoms with Gasteiger partial charge in [-0.3, -0.25) is 0 Å². The minimum Gasteiger partial charge on any atom is -0.377 e. The van der Waals surface area contributed by atoms with Gasteiger partial charge >= 0.3 is 0 Å². The molecule has 0 saturated carbocycles. The van der Waals surface area contributed by atoms with Gasteiger partial charge in [0.15, 0.2) is 0 Å². The van der Waals surface area contributed by atoms with Crippen molar-refractivity contribution >= 4 is 31.5 Å². The monoisotopic (exact) mass is 565 g/mol. The van der Waals surface area contributed by atoms with Crippen LogP contribution in [-0.4, -0.2) is 49.9 Å². The average Bonchev–Trinajstić information content (AvgIpc) is 3.49. The lowest BCUT2D eigenvalue weighted by molar-refractivity contribution is 0.0921.